The van der Waals surface area contributed by atoms with Gasteiger partial charge in [0.1, 0.15) is 0 Å². The Kier molecular flexibility index (Phi) is 5.71. The van der Waals surface area contributed by atoms with Crippen molar-refractivity contribution in [1.82, 2.24) is 10.2 Å². The summed E-state index contributed by atoms with van der Waals surface area (Å²) < 4.78 is 25.9. The van der Waals surface area contributed by atoms with Crippen LogP contribution >= 0.6 is 0 Å². The number of likely N-dealkylation sites (tertiary alicyclic amines) is 1. The van der Waals surface area contributed by atoms with Crippen molar-refractivity contribution < 1.29 is 13.6 Å². The molecule has 2 amide bonds. The molecule has 0 radical (unpaired) electrons. The normalized spacial score (nSPS) is 20.5. The third-order valence-corrected chi connectivity index (χ3v) is 4.16. The van der Waals surface area contributed by atoms with Crippen LogP contribution in [-0.4, -0.2) is 36.1 Å². The summed E-state index contributed by atoms with van der Waals surface area (Å²) in [7, 11) is 0. The Bertz CT molecular complexity index is 524. The highest BCUT2D eigenvalue weighted by molar-refractivity contribution is 5.89. The molecule has 0 spiro atoms. The number of urea groups is 1. The van der Waals surface area contributed by atoms with Crippen molar-refractivity contribution in [1.29, 1.82) is 0 Å². The van der Waals surface area contributed by atoms with E-state index in [1.54, 1.807) is 0 Å². The summed E-state index contributed by atoms with van der Waals surface area (Å²) in [4.78, 5) is 14.2. The van der Waals surface area contributed by atoms with E-state index in [1.165, 1.54) is 25.3 Å². The van der Waals surface area contributed by atoms with Crippen LogP contribution in [0.4, 0.5) is 19.3 Å². The zero-order chi connectivity index (χ0) is 16.1. The van der Waals surface area contributed by atoms with Gasteiger partial charge in [-0.15, -0.1) is 0 Å². The molecule has 0 aliphatic carbocycles. The molecule has 0 saturated carbocycles. The molecule has 0 unspecified atom stereocenters. The molecule has 4 nitrogen and oxygen atoms in total. The average molecular weight is 311 g/mol. The number of benzene rings is 1. The fourth-order valence-corrected chi connectivity index (χ4v) is 2.88. The van der Waals surface area contributed by atoms with E-state index >= 15 is 0 Å². The van der Waals surface area contributed by atoms with Crippen LogP contribution < -0.4 is 10.6 Å². The van der Waals surface area contributed by atoms with Gasteiger partial charge < -0.3 is 10.6 Å². The number of piperidine rings is 1. The van der Waals surface area contributed by atoms with Crippen LogP contribution in [0.25, 0.3) is 0 Å². The number of carbonyl (C=O) groups is 1. The van der Waals surface area contributed by atoms with Crippen LogP contribution in [0.15, 0.2) is 18.2 Å². The molecule has 1 aromatic rings. The Morgan fingerprint density at radius 3 is 2.82 bits per heavy atom. The van der Waals surface area contributed by atoms with Gasteiger partial charge in [0.15, 0.2) is 11.6 Å². The van der Waals surface area contributed by atoms with Crippen molar-refractivity contribution in [2.75, 3.05) is 18.4 Å². The van der Waals surface area contributed by atoms with E-state index in [0.29, 0.717) is 12.6 Å². The molecule has 2 N–H and O–H groups in total. The lowest BCUT2D eigenvalue weighted by molar-refractivity contribution is 0.114. The van der Waals surface area contributed by atoms with Gasteiger partial charge in [-0.05, 0) is 45.4 Å². The molecule has 1 heterocycles. The van der Waals surface area contributed by atoms with Gasteiger partial charge in [-0.25, -0.2) is 13.6 Å². The minimum Gasteiger partial charge on any atom is -0.336 e. The van der Waals surface area contributed by atoms with Crippen molar-refractivity contribution in [3.8, 4) is 0 Å². The number of nitrogens with zero attached hydrogens (tertiary/aromatic N) is 1. The van der Waals surface area contributed by atoms with Crippen LogP contribution in [0.2, 0.25) is 0 Å². The second kappa shape index (κ2) is 7.54. The summed E-state index contributed by atoms with van der Waals surface area (Å²) in [6.45, 7) is 5.85. The number of anilines is 1. The maximum atomic E-state index is 13.1. The lowest BCUT2D eigenvalue weighted by atomic mass is 10.0. The fourth-order valence-electron chi connectivity index (χ4n) is 2.88. The van der Waals surface area contributed by atoms with Crippen molar-refractivity contribution in [2.45, 2.75) is 45.2 Å². The first-order valence-corrected chi connectivity index (χ1v) is 7.73. The quantitative estimate of drug-likeness (QED) is 0.895. The molecule has 1 saturated heterocycles. The summed E-state index contributed by atoms with van der Waals surface area (Å²) in [5.74, 6) is -1.91. The van der Waals surface area contributed by atoms with Crippen molar-refractivity contribution in [2.24, 2.45) is 0 Å². The van der Waals surface area contributed by atoms with Gasteiger partial charge in [-0.2, -0.15) is 0 Å². The SMILES string of the molecule is C[C@@H]1CCCCN1[C@H](C)CNC(=O)Nc1ccc(F)c(F)c1. The molecule has 1 aromatic carbocycles. The Labute approximate surface area is 129 Å². The molecule has 1 aliphatic heterocycles. The molecule has 1 fully saturated rings. The monoisotopic (exact) mass is 311 g/mol. The summed E-state index contributed by atoms with van der Waals surface area (Å²) in [6, 6.07) is 3.63. The molecule has 6 heteroatoms. The topological polar surface area (TPSA) is 44.4 Å². The largest absolute Gasteiger partial charge is 0.336 e. The van der Waals surface area contributed by atoms with E-state index in [4.69, 9.17) is 0 Å². The van der Waals surface area contributed by atoms with Crippen LogP contribution in [0.5, 0.6) is 0 Å². The number of nitrogens with one attached hydrogen (secondary N) is 2. The smallest absolute Gasteiger partial charge is 0.319 e. The lowest BCUT2D eigenvalue weighted by Gasteiger charge is -2.38. The maximum Gasteiger partial charge on any atom is 0.319 e. The highest BCUT2D eigenvalue weighted by atomic mass is 19.2. The average Bonchev–Trinajstić information content (AvgIpc) is 2.49. The third-order valence-electron chi connectivity index (χ3n) is 4.16. The Hall–Kier alpha value is -1.69. The molecule has 2 atom stereocenters. The molecular weight excluding hydrogens is 288 g/mol. The van der Waals surface area contributed by atoms with E-state index in [-0.39, 0.29) is 11.7 Å². The third kappa shape index (κ3) is 4.40. The van der Waals surface area contributed by atoms with Gasteiger partial charge >= 0.3 is 6.03 Å². The zero-order valence-corrected chi connectivity index (χ0v) is 13.0. The zero-order valence-electron chi connectivity index (χ0n) is 13.0. The maximum absolute atomic E-state index is 13.1. The Balaban J connectivity index is 1.80. The van der Waals surface area contributed by atoms with E-state index < -0.39 is 17.7 Å². The van der Waals surface area contributed by atoms with E-state index in [9.17, 15) is 13.6 Å². The standard InChI is InChI=1S/C16H23F2N3O/c1-11-5-3-4-8-21(11)12(2)10-19-16(22)20-13-6-7-14(17)15(18)9-13/h6-7,9,11-12H,3-5,8,10H2,1-2H3,(H2,19,20,22)/t11-,12-/m1/s1. The highest BCUT2D eigenvalue weighted by Crippen LogP contribution is 2.18. The van der Waals surface area contributed by atoms with E-state index in [0.717, 1.165) is 18.7 Å². The number of halogens is 2. The van der Waals surface area contributed by atoms with Gasteiger partial charge in [0.2, 0.25) is 0 Å². The van der Waals surface area contributed by atoms with Crippen LogP contribution in [0.3, 0.4) is 0 Å². The predicted octanol–water partition coefficient (Wildman–Crippen LogP) is 3.35. The molecular formula is C16H23F2N3O. The van der Waals surface area contributed by atoms with Crippen molar-refractivity contribution in [3.63, 3.8) is 0 Å². The Morgan fingerprint density at radius 1 is 1.36 bits per heavy atom. The summed E-state index contributed by atoms with van der Waals surface area (Å²) in [6.07, 6.45) is 3.63. The molecule has 0 bridgehead atoms. The molecule has 2 rings (SSSR count). The van der Waals surface area contributed by atoms with Crippen LogP contribution in [0, 0.1) is 11.6 Å². The first-order valence-electron chi connectivity index (χ1n) is 7.73. The van der Waals surface area contributed by atoms with E-state index in [1.807, 2.05) is 0 Å². The van der Waals surface area contributed by atoms with Gasteiger partial charge in [0, 0.05) is 30.4 Å². The van der Waals surface area contributed by atoms with Crippen molar-refractivity contribution in [3.05, 3.63) is 29.8 Å². The van der Waals surface area contributed by atoms with Crippen LogP contribution in [-0.2, 0) is 0 Å². The fraction of sp³-hybridized carbons (Fsp3) is 0.562. The number of hydrogen-bond donors (Lipinski definition) is 2. The first kappa shape index (κ1) is 16.7. The van der Waals surface area contributed by atoms with Gasteiger partial charge in [-0.3, -0.25) is 4.90 Å². The van der Waals surface area contributed by atoms with Gasteiger partial charge in [0.25, 0.3) is 0 Å². The predicted molar refractivity (Wildman–Crippen MR) is 82.9 cm³/mol. The summed E-state index contributed by atoms with van der Waals surface area (Å²) in [5.41, 5.74) is 0.232. The van der Waals surface area contributed by atoms with E-state index in [2.05, 4.69) is 29.4 Å². The van der Waals surface area contributed by atoms with Crippen molar-refractivity contribution >= 4 is 11.7 Å². The molecule has 0 aromatic heterocycles. The number of amides is 2. The number of carbonyl (C=O) groups excluding carboxylic acids is 1. The molecule has 122 valence electrons. The second-order valence-electron chi connectivity index (χ2n) is 5.90. The number of hydrogen-bond acceptors (Lipinski definition) is 2. The molecule has 1 aliphatic rings. The number of rotatable bonds is 4. The van der Waals surface area contributed by atoms with Crippen LogP contribution in [0.1, 0.15) is 33.1 Å². The second-order valence-corrected chi connectivity index (χ2v) is 5.90. The first-order chi connectivity index (χ1) is 10.5. The van der Waals surface area contributed by atoms with Gasteiger partial charge in [0.05, 0.1) is 0 Å². The van der Waals surface area contributed by atoms with Gasteiger partial charge in [-0.1, -0.05) is 6.42 Å². The lowest BCUT2D eigenvalue weighted by Crippen LogP contribution is -2.49. The summed E-state index contributed by atoms with van der Waals surface area (Å²) >= 11 is 0. The minimum absolute atomic E-state index is 0.232. The Morgan fingerprint density at radius 2 is 2.14 bits per heavy atom. The summed E-state index contributed by atoms with van der Waals surface area (Å²) in [5, 5.41) is 5.28. The molecule has 22 heavy (non-hydrogen) atoms. The highest BCUT2D eigenvalue weighted by Gasteiger charge is 2.23. The minimum atomic E-state index is -0.978.